The number of nitrogens with zero attached hydrogens (tertiary/aromatic N) is 3. The zero-order valence-electron chi connectivity index (χ0n) is 13.5. The lowest BCUT2D eigenvalue weighted by Crippen LogP contribution is -2.69. The summed E-state index contributed by atoms with van der Waals surface area (Å²) >= 11 is 0. The molecule has 2 aliphatic heterocycles. The van der Waals surface area contributed by atoms with Gasteiger partial charge in [0.25, 0.3) is 0 Å². The van der Waals surface area contributed by atoms with Crippen LogP contribution >= 0.6 is 0 Å². The first-order valence-corrected chi connectivity index (χ1v) is 11.2. The standard InChI is InChI=1S/C14H21N3O5S2/c1-2-7-24(20,21)17-10-14(11-17)12(4-8-23(14,18)19)9-22-13-15-5-3-6-16-13/h3,5-6,12H,2,4,7-11H2,1H3/t12-/m1/s1. The second kappa shape index (κ2) is 6.23. The Balaban J connectivity index is 1.73. The summed E-state index contributed by atoms with van der Waals surface area (Å²) in [5.74, 6) is -0.139. The molecule has 134 valence electrons. The highest BCUT2D eigenvalue weighted by Crippen LogP contribution is 2.45. The summed E-state index contributed by atoms with van der Waals surface area (Å²) in [6.45, 7) is 2.02. The van der Waals surface area contributed by atoms with Gasteiger partial charge in [-0.05, 0) is 18.9 Å². The van der Waals surface area contributed by atoms with E-state index in [1.807, 2.05) is 0 Å². The van der Waals surface area contributed by atoms with Crippen molar-refractivity contribution in [1.29, 1.82) is 0 Å². The lowest BCUT2D eigenvalue weighted by atomic mass is 9.85. The molecular weight excluding hydrogens is 354 g/mol. The Morgan fingerprint density at radius 2 is 2.00 bits per heavy atom. The fourth-order valence-corrected chi connectivity index (χ4v) is 7.57. The van der Waals surface area contributed by atoms with Crippen molar-refractivity contribution >= 4 is 19.9 Å². The number of rotatable bonds is 6. The molecule has 3 rings (SSSR count). The molecule has 0 saturated carbocycles. The van der Waals surface area contributed by atoms with Gasteiger partial charge in [0.15, 0.2) is 9.84 Å². The van der Waals surface area contributed by atoms with Gasteiger partial charge >= 0.3 is 6.01 Å². The number of aromatic nitrogens is 2. The van der Waals surface area contributed by atoms with Crippen molar-refractivity contribution in [2.45, 2.75) is 24.5 Å². The van der Waals surface area contributed by atoms with Crippen LogP contribution in [0.1, 0.15) is 19.8 Å². The summed E-state index contributed by atoms with van der Waals surface area (Å²) in [5, 5.41) is 0. The van der Waals surface area contributed by atoms with Gasteiger partial charge in [0, 0.05) is 31.4 Å². The first-order chi connectivity index (χ1) is 11.3. The van der Waals surface area contributed by atoms with Crippen LogP contribution in [0.15, 0.2) is 18.5 Å². The van der Waals surface area contributed by atoms with E-state index >= 15 is 0 Å². The molecular formula is C14H21N3O5S2. The lowest BCUT2D eigenvalue weighted by Gasteiger charge is -2.48. The van der Waals surface area contributed by atoms with Gasteiger partial charge in [0.2, 0.25) is 10.0 Å². The van der Waals surface area contributed by atoms with E-state index in [1.54, 1.807) is 25.4 Å². The molecule has 8 nitrogen and oxygen atoms in total. The Bertz CT molecular complexity index is 789. The molecule has 3 heterocycles. The molecule has 0 unspecified atom stereocenters. The Labute approximate surface area is 142 Å². The van der Waals surface area contributed by atoms with E-state index in [4.69, 9.17) is 4.74 Å². The molecule has 0 bridgehead atoms. The molecule has 0 aromatic carbocycles. The van der Waals surface area contributed by atoms with Crippen molar-refractivity contribution < 1.29 is 21.6 Å². The minimum Gasteiger partial charge on any atom is -0.463 e. The third-order valence-corrected chi connectivity index (χ3v) is 9.37. The normalized spacial score (nSPS) is 25.5. The molecule has 0 N–H and O–H groups in total. The second-order valence-electron chi connectivity index (χ2n) is 6.30. The SMILES string of the molecule is CCCS(=O)(=O)N1CC2(C1)[C@@H](COc1ncccn1)CCS2(=O)=O. The summed E-state index contributed by atoms with van der Waals surface area (Å²) < 4.78 is 55.1. The summed E-state index contributed by atoms with van der Waals surface area (Å²) in [4.78, 5) is 7.91. The summed E-state index contributed by atoms with van der Waals surface area (Å²) in [6, 6.07) is 1.86. The van der Waals surface area contributed by atoms with Crippen molar-refractivity contribution in [2.24, 2.45) is 5.92 Å². The maximum atomic E-state index is 12.5. The lowest BCUT2D eigenvalue weighted by molar-refractivity contribution is 0.121. The molecule has 2 aliphatic rings. The first kappa shape index (κ1) is 17.6. The average Bonchev–Trinajstić information content (AvgIpc) is 2.75. The number of hydrogen-bond acceptors (Lipinski definition) is 7. The van der Waals surface area contributed by atoms with E-state index in [0.29, 0.717) is 12.8 Å². The van der Waals surface area contributed by atoms with Crippen LogP contribution in [0.2, 0.25) is 0 Å². The zero-order chi connectivity index (χ0) is 17.4. The summed E-state index contributed by atoms with van der Waals surface area (Å²) in [6.07, 6.45) is 4.07. The van der Waals surface area contributed by atoms with Gasteiger partial charge in [-0.1, -0.05) is 6.92 Å². The van der Waals surface area contributed by atoms with Crippen LogP contribution in [-0.4, -0.2) is 67.1 Å². The van der Waals surface area contributed by atoms with E-state index in [0.717, 1.165) is 0 Å². The summed E-state index contributed by atoms with van der Waals surface area (Å²) in [7, 11) is -6.71. The molecule has 0 radical (unpaired) electrons. The van der Waals surface area contributed by atoms with Crippen LogP contribution in [0, 0.1) is 5.92 Å². The fourth-order valence-electron chi connectivity index (χ4n) is 3.38. The van der Waals surface area contributed by atoms with Crippen LogP contribution in [-0.2, 0) is 19.9 Å². The predicted octanol–water partition coefficient (Wildman–Crippen LogP) is 0.0843. The van der Waals surface area contributed by atoms with Crippen LogP contribution in [0.3, 0.4) is 0 Å². The second-order valence-corrected chi connectivity index (χ2v) is 10.8. The van der Waals surface area contributed by atoms with Gasteiger partial charge in [0.1, 0.15) is 4.75 Å². The fraction of sp³-hybridized carbons (Fsp3) is 0.714. The Morgan fingerprint density at radius 3 is 2.62 bits per heavy atom. The molecule has 10 heteroatoms. The molecule has 2 fully saturated rings. The molecule has 1 aromatic heterocycles. The molecule has 2 saturated heterocycles. The smallest absolute Gasteiger partial charge is 0.316 e. The molecule has 0 amide bonds. The summed E-state index contributed by atoms with van der Waals surface area (Å²) in [5.41, 5.74) is 0. The monoisotopic (exact) mass is 375 g/mol. The van der Waals surface area contributed by atoms with Gasteiger partial charge in [-0.3, -0.25) is 0 Å². The van der Waals surface area contributed by atoms with Gasteiger partial charge in [-0.2, -0.15) is 4.31 Å². The van der Waals surface area contributed by atoms with Gasteiger partial charge in [-0.15, -0.1) is 0 Å². The maximum absolute atomic E-state index is 12.5. The van der Waals surface area contributed by atoms with Gasteiger partial charge < -0.3 is 4.74 Å². The largest absolute Gasteiger partial charge is 0.463 e. The van der Waals surface area contributed by atoms with Crippen molar-refractivity contribution in [2.75, 3.05) is 31.2 Å². The highest BCUT2D eigenvalue weighted by molar-refractivity contribution is 7.93. The van der Waals surface area contributed by atoms with Crippen LogP contribution in [0.4, 0.5) is 0 Å². The first-order valence-electron chi connectivity index (χ1n) is 7.91. The Kier molecular flexibility index (Phi) is 4.56. The van der Waals surface area contributed by atoms with E-state index in [9.17, 15) is 16.8 Å². The topological polar surface area (TPSA) is 107 Å². The molecule has 1 aromatic rings. The number of ether oxygens (including phenoxy) is 1. The highest BCUT2D eigenvalue weighted by Gasteiger charge is 2.63. The van der Waals surface area contributed by atoms with Gasteiger partial charge in [0.05, 0.1) is 18.1 Å². The molecule has 0 aliphatic carbocycles. The Hall–Kier alpha value is -1.26. The number of hydrogen-bond donors (Lipinski definition) is 0. The molecule has 1 spiro atoms. The maximum Gasteiger partial charge on any atom is 0.316 e. The minimum absolute atomic E-state index is 0.0291. The third kappa shape index (κ3) is 2.91. The van der Waals surface area contributed by atoms with Crippen LogP contribution in [0.5, 0.6) is 6.01 Å². The van der Waals surface area contributed by atoms with Crippen LogP contribution in [0.25, 0.3) is 0 Å². The van der Waals surface area contributed by atoms with Crippen molar-refractivity contribution in [3.05, 3.63) is 18.5 Å². The van der Waals surface area contributed by atoms with Gasteiger partial charge in [-0.25, -0.2) is 26.8 Å². The van der Waals surface area contributed by atoms with E-state index < -0.39 is 24.6 Å². The third-order valence-electron chi connectivity index (χ3n) is 4.80. The number of sulfone groups is 1. The highest BCUT2D eigenvalue weighted by atomic mass is 32.2. The number of sulfonamides is 1. The quantitative estimate of drug-likeness (QED) is 0.693. The predicted molar refractivity (Wildman–Crippen MR) is 87.8 cm³/mol. The Morgan fingerprint density at radius 1 is 1.33 bits per heavy atom. The van der Waals surface area contributed by atoms with Crippen molar-refractivity contribution in [3.8, 4) is 6.01 Å². The van der Waals surface area contributed by atoms with E-state index in [1.165, 1.54) is 4.31 Å². The van der Waals surface area contributed by atoms with E-state index in [-0.39, 0.29) is 43.1 Å². The van der Waals surface area contributed by atoms with Crippen LogP contribution < -0.4 is 4.74 Å². The van der Waals surface area contributed by atoms with E-state index in [2.05, 4.69) is 9.97 Å². The van der Waals surface area contributed by atoms with Crippen molar-refractivity contribution in [3.63, 3.8) is 0 Å². The average molecular weight is 375 g/mol. The zero-order valence-corrected chi connectivity index (χ0v) is 15.1. The minimum atomic E-state index is -3.37. The van der Waals surface area contributed by atoms with Crippen molar-refractivity contribution in [1.82, 2.24) is 14.3 Å². The molecule has 1 atom stereocenters. The molecule has 24 heavy (non-hydrogen) atoms.